The molecule has 1 saturated carbocycles. The number of nitrogens with zero attached hydrogens (tertiary/aromatic N) is 3. The summed E-state index contributed by atoms with van der Waals surface area (Å²) in [4.78, 5) is 17.6. The van der Waals surface area contributed by atoms with Crippen LogP contribution in [0.5, 0.6) is 0 Å². The number of hydrogen-bond donors (Lipinski definition) is 3. The summed E-state index contributed by atoms with van der Waals surface area (Å²) < 4.78 is 13.2. The van der Waals surface area contributed by atoms with Crippen LogP contribution in [0.15, 0.2) is 30.5 Å². The van der Waals surface area contributed by atoms with Crippen molar-refractivity contribution in [3.63, 3.8) is 0 Å². The third kappa shape index (κ3) is 5.03. The summed E-state index contributed by atoms with van der Waals surface area (Å²) in [7, 11) is 0. The molecule has 3 aliphatic rings. The first kappa shape index (κ1) is 23.2. The van der Waals surface area contributed by atoms with E-state index in [-0.39, 0.29) is 13.4 Å². The Labute approximate surface area is 212 Å². The van der Waals surface area contributed by atoms with Crippen LogP contribution in [0.2, 0.25) is 0 Å². The van der Waals surface area contributed by atoms with Gasteiger partial charge < -0.3 is 25.4 Å². The number of hydrogen-bond acceptors (Lipinski definition) is 7. The number of fused-ring (bicyclic) bond motifs is 1. The van der Waals surface area contributed by atoms with Gasteiger partial charge in [-0.1, -0.05) is 12.1 Å². The number of benzene rings is 1. The average Bonchev–Trinajstić information content (AvgIpc) is 3.36. The molecule has 3 N–H and O–H groups in total. The van der Waals surface area contributed by atoms with Gasteiger partial charge in [0.15, 0.2) is 5.65 Å². The van der Waals surface area contributed by atoms with Gasteiger partial charge in [0.05, 0.1) is 12.3 Å². The second-order valence-electron chi connectivity index (χ2n) is 10.1. The monoisotopic (exact) mass is 492 g/mol. The zero-order chi connectivity index (χ0) is 24.5. The summed E-state index contributed by atoms with van der Waals surface area (Å²) in [6.45, 7) is 5.07. The molecule has 2 aromatic heterocycles. The third-order valence-electron chi connectivity index (χ3n) is 7.27. The summed E-state index contributed by atoms with van der Waals surface area (Å²) in [5, 5.41) is 14.9. The zero-order valence-corrected chi connectivity index (χ0v) is 20.8. The van der Waals surface area contributed by atoms with E-state index in [4.69, 9.17) is 14.5 Å². The van der Waals surface area contributed by atoms with Crippen LogP contribution >= 0.6 is 0 Å². The normalized spacial score (nSPS) is 20.5. The summed E-state index contributed by atoms with van der Waals surface area (Å²) in [5.41, 5.74) is 4.36. The van der Waals surface area contributed by atoms with Gasteiger partial charge >= 0.3 is 0 Å². The molecular weight excluding hydrogens is 456 g/mol. The highest BCUT2D eigenvalue weighted by Gasteiger charge is 2.25. The fourth-order valence-corrected chi connectivity index (χ4v) is 5.02. The van der Waals surface area contributed by atoms with Crippen molar-refractivity contribution < 1.29 is 15.7 Å². The van der Waals surface area contributed by atoms with E-state index in [1.165, 1.54) is 0 Å². The number of ether oxygens (including phenoxy) is 2. The summed E-state index contributed by atoms with van der Waals surface area (Å²) in [6.07, 6.45) is 8.31. The molecule has 2 aliphatic heterocycles. The molecule has 2 saturated heterocycles. The Bertz CT molecular complexity index is 1250. The largest absolute Gasteiger partial charge is 0.381 e. The Morgan fingerprint density at radius 2 is 1.97 bits per heavy atom. The Kier molecular flexibility index (Phi) is 6.50. The van der Waals surface area contributed by atoms with Crippen LogP contribution in [0.25, 0.3) is 16.8 Å². The predicted octanol–water partition coefficient (Wildman–Crippen LogP) is 4.02. The molecule has 0 radical (unpaired) electrons. The molecule has 3 aromatic rings. The smallest absolute Gasteiger partial charge is 0.251 e. The van der Waals surface area contributed by atoms with Crippen molar-refractivity contribution in [1.29, 1.82) is 0 Å². The summed E-state index contributed by atoms with van der Waals surface area (Å²) in [5.74, 6) is 1.71. The molecule has 4 heterocycles. The molecule has 1 aromatic carbocycles. The summed E-state index contributed by atoms with van der Waals surface area (Å²) in [6, 6.07) is 8.65. The molecule has 9 nitrogen and oxygen atoms in total. The molecule has 1 aliphatic carbocycles. The van der Waals surface area contributed by atoms with Gasteiger partial charge in [-0.2, -0.15) is 9.61 Å². The highest BCUT2D eigenvalue weighted by atomic mass is 16.5. The van der Waals surface area contributed by atoms with Gasteiger partial charge in [0, 0.05) is 57.1 Å². The van der Waals surface area contributed by atoms with Gasteiger partial charge in [0.25, 0.3) is 5.91 Å². The highest BCUT2D eigenvalue weighted by molar-refractivity contribution is 5.97. The van der Waals surface area contributed by atoms with Crippen molar-refractivity contribution in [1.82, 2.24) is 19.9 Å². The van der Waals surface area contributed by atoms with E-state index >= 15 is 0 Å². The lowest BCUT2D eigenvalue weighted by molar-refractivity contribution is 0.0903. The second-order valence-corrected chi connectivity index (χ2v) is 10.1. The van der Waals surface area contributed by atoms with Crippen LogP contribution < -0.4 is 16.0 Å². The van der Waals surface area contributed by atoms with Gasteiger partial charge in [0.1, 0.15) is 11.6 Å². The van der Waals surface area contributed by atoms with E-state index in [1.54, 1.807) is 0 Å². The number of nitrogens with one attached hydrogen (secondary N) is 3. The molecule has 0 bridgehead atoms. The molecule has 0 unspecified atom stereocenters. The standard InChI is InChI=1S/C27H34N6O3.H2/c1-17-13-18(4-7-22(17)27(34)31-19-5-6-19)23-16-29-33-25(28-15-21-3-2-10-36-21)14-24(32-26(23)33)30-20-8-11-35-12-9-20;/h4,7,13-14,16,19-21,28H,2-3,5-6,8-12,15H2,1H3,(H,30,32)(H,31,34);1H/t21-;/m1./s1. The van der Waals surface area contributed by atoms with Crippen LogP contribution in [0.4, 0.5) is 11.6 Å². The third-order valence-corrected chi connectivity index (χ3v) is 7.27. The lowest BCUT2D eigenvalue weighted by atomic mass is 10.0. The molecule has 1 atom stereocenters. The maximum atomic E-state index is 12.6. The lowest BCUT2D eigenvalue weighted by Crippen LogP contribution is -2.28. The zero-order valence-electron chi connectivity index (χ0n) is 20.8. The van der Waals surface area contributed by atoms with Crippen molar-refractivity contribution >= 4 is 23.2 Å². The number of aryl methyl sites for hydroxylation is 1. The maximum Gasteiger partial charge on any atom is 0.251 e. The minimum absolute atomic E-state index is 0. The Balaban J connectivity index is 0.00000280. The first-order chi connectivity index (χ1) is 17.6. The predicted molar refractivity (Wildman–Crippen MR) is 141 cm³/mol. The van der Waals surface area contributed by atoms with E-state index < -0.39 is 0 Å². The minimum Gasteiger partial charge on any atom is -0.381 e. The van der Waals surface area contributed by atoms with Crippen molar-refractivity contribution in [2.75, 3.05) is 37.0 Å². The SMILES string of the molecule is Cc1cc(-c2cnn3c(NC[C@H]4CCCO4)cc(NC4CCOCC4)nc23)ccc1C(=O)NC1CC1.[HH]. The number of rotatable bonds is 8. The maximum absolute atomic E-state index is 12.6. The first-order valence-corrected chi connectivity index (χ1v) is 13.1. The van der Waals surface area contributed by atoms with Gasteiger partial charge in [-0.25, -0.2) is 4.98 Å². The number of carbonyl (C=O) groups is 1. The van der Waals surface area contributed by atoms with Gasteiger partial charge in [-0.05, 0) is 62.6 Å². The summed E-state index contributed by atoms with van der Waals surface area (Å²) >= 11 is 0. The molecule has 1 amide bonds. The topological polar surface area (TPSA) is 102 Å². The molecule has 36 heavy (non-hydrogen) atoms. The fourth-order valence-electron chi connectivity index (χ4n) is 5.02. The number of carbonyl (C=O) groups excluding carboxylic acids is 1. The Hall–Kier alpha value is -3.17. The van der Waals surface area contributed by atoms with Crippen molar-refractivity contribution in [2.45, 2.75) is 63.6 Å². The fraction of sp³-hybridized carbons (Fsp3) is 0.519. The van der Waals surface area contributed by atoms with Crippen molar-refractivity contribution in [3.8, 4) is 11.1 Å². The minimum atomic E-state index is 0. The average molecular weight is 493 g/mol. The van der Waals surface area contributed by atoms with Gasteiger partial charge in [0.2, 0.25) is 0 Å². The van der Waals surface area contributed by atoms with Gasteiger partial charge in [-0.3, -0.25) is 4.79 Å². The van der Waals surface area contributed by atoms with E-state index in [0.717, 1.165) is 104 Å². The molecule has 0 spiro atoms. The van der Waals surface area contributed by atoms with E-state index in [9.17, 15) is 4.79 Å². The molecular formula is C27H36N6O3. The number of aromatic nitrogens is 3. The van der Waals surface area contributed by atoms with E-state index in [0.29, 0.717) is 12.1 Å². The van der Waals surface area contributed by atoms with Crippen molar-refractivity contribution in [2.24, 2.45) is 0 Å². The van der Waals surface area contributed by atoms with E-state index in [1.807, 2.05) is 35.8 Å². The number of anilines is 2. The van der Waals surface area contributed by atoms with Crippen LogP contribution in [0.3, 0.4) is 0 Å². The van der Waals surface area contributed by atoms with Crippen LogP contribution in [-0.4, -0.2) is 65.1 Å². The first-order valence-electron chi connectivity index (χ1n) is 13.1. The molecule has 6 rings (SSSR count). The number of amides is 1. The van der Waals surface area contributed by atoms with Crippen molar-refractivity contribution in [3.05, 3.63) is 41.6 Å². The quantitative estimate of drug-likeness (QED) is 0.436. The van der Waals surface area contributed by atoms with E-state index in [2.05, 4.69) is 27.1 Å². The van der Waals surface area contributed by atoms with Crippen LogP contribution in [-0.2, 0) is 9.47 Å². The molecule has 9 heteroatoms. The molecule has 3 fully saturated rings. The van der Waals surface area contributed by atoms with Crippen LogP contribution in [0.1, 0.15) is 55.9 Å². The van der Waals surface area contributed by atoms with Crippen LogP contribution in [0, 0.1) is 6.92 Å². The highest BCUT2D eigenvalue weighted by Crippen LogP contribution is 2.30. The Morgan fingerprint density at radius 1 is 1.11 bits per heavy atom. The van der Waals surface area contributed by atoms with Gasteiger partial charge in [-0.15, -0.1) is 0 Å². The molecule has 192 valence electrons. The Morgan fingerprint density at radius 3 is 2.72 bits per heavy atom. The lowest BCUT2D eigenvalue weighted by Gasteiger charge is -2.24. The second kappa shape index (κ2) is 10.1.